The van der Waals surface area contributed by atoms with E-state index in [9.17, 15) is 0 Å². The van der Waals surface area contributed by atoms with E-state index in [1.54, 1.807) is 0 Å². The summed E-state index contributed by atoms with van der Waals surface area (Å²) < 4.78 is 0. The van der Waals surface area contributed by atoms with Crippen LogP contribution in [0.25, 0.3) is 0 Å². The van der Waals surface area contributed by atoms with Crippen molar-refractivity contribution in [1.29, 1.82) is 0 Å². The maximum Gasteiger partial charge on any atom is 0.232 e. The van der Waals surface area contributed by atoms with Crippen molar-refractivity contribution in [3.8, 4) is 0 Å². The van der Waals surface area contributed by atoms with E-state index in [0.717, 1.165) is 42.5 Å². The average molecular weight is 330 g/mol. The Morgan fingerprint density at radius 2 is 1.76 bits per heavy atom. The van der Waals surface area contributed by atoms with E-state index in [1.165, 1.54) is 16.8 Å². The molecule has 126 valence electrons. The van der Waals surface area contributed by atoms with Crippen molar-refractivity contribution >= 4 is 23.1 Å². The lowest BCUT2D eigenvalue weighted by Gasteiger charge is -2.29. The monoisotopic (exact) mass is 330 g/mol. The first-order valence-corrected chi connectivity index (χ1v) is 8.74. The third kappa shape index (κ3) is 3.20. The molecule has 1 aromatic heterocycles. The summed E-state index contributed by atoms with van der Waals surface area (Å²) in [5.41, 5.74) is 5.83. The number of para-hydroxylation sites is 2. The van der Waals surface area contributed by atoms with Crippen LogP contribution in [0.1, 0.15) is 23.2 Å². The normalized spacial score (nSPS) is 13.4. The molecule has 0 spiro atoms. The zero-order valence-corrected chi connectivity index (χ0v) is 14.7. The predicted octanol–water partition coefficient (Wildman–Crippen LogP) is 4.92. The van der Waals surface area contributed by atoms with Gasteiger partial charge in [0.25, 0.3) is 0 Å². The van der Waals surface area contributed by atoms with Gasteiger partial charge in [-0.25, -0.2) is 4.98 Å². The number of aryl methyl sites for hydroxylation is 3. The molecule has 2 aromatic carbocycles. The number of aromatic nitrogens is 2. The Labute approximate surface area is 148 Å². The van der Waals surface area contributed by atoms with Gasteiger partial charge >= 0.3 is 0 Å². The summed E-state index contributed by atoms with van der Waals surface area (Å²) >= 11 is 0. The third-order valence-corrected chi connectivity index (χ3v) is 4.60. The first-order chi connectivity index (χ1) is 12.2. The molecule has 0 bridgehead atoms. The summed E-state index contributed by atoms with van der Waals surface area (Å²) in [6.45, 7) is 5.06. The van der Waals surface area contributed by atoms with E-state index < -0.39 is 0 Å². The molecule has 3 aromatic rings. The summed E-state index contributed by atoms with van der Waals surface area (Å²) in [5, 5.41) is 3.44. The summed E-state index contributed by atoms with van der Waals surface area (Å²) in [4.78, 5) is 11.7. The highest BCUT2D eigenvalue weighted by atomic mass is 15.3. The minimum absolute atomic E-state index is 0.767. The topological polar surface area (TPSA) is 41.1 Å². The quantitative estimate of drug-likeness (QED) is 0.740. The first kappa shape index (κ1) is 15.6. The fourth-order valence-electron chi connectivity index (χ4n) is 3.33. The maximum atomic E-state index is 4.80. The molecule has 1 N–H and O–H groups in total. The van der Waals surface area contributed by atoms with Crippen molar-refractivity contribution in [3.63, 3.8) is 0 Å². The fraction of sp³-hybridized carbons (Fsp3) is 0.238. The number of nitrogens with zero attached hydrogens (tertiary/aromatic N) is 3. The van der Waals surface area contributed by atoms with Crippen molar-refractivity contribution in [1.82, 2.24) is 9.97 Å². The molecule has 0 saturated carbocycles. The molecule has 0 radical (unpaired) electrons. The van der Waals surface area contributed by atoms with Crippen LogP contribution in [0.15, 0.2) is 54.6 Å². The molecule has 25 heavy (non-hydrogen) atoms. The highest BCUT2D eigenvalue weighted by Crippen LogP contribution is 2.32. The second-order valence-corrected chi connectivity index (χ2v) is 6.52. The Morgan fingerprint density at radius 1 is 0.960 bits per heavy atom. The molecule has 4 nitrogen and oxygen atoms in total. The summed E-state index contributed by atoms with van der Waals surface area (Å²) in [6, 6.07) is 18.8. The summed E-state index contributed by atoms with van der Waals surface area (Å²) in [7, 11) is 0. The minimum atomic E-state index is 0.767. The lowest BCUT2D eigenvalue weighted by molar-refractivity contribution is 0.749. The smallest absolute Gasteiger partial charge is 0.232 e. The summed E-state index contributed by atoms with van der Waals surface area (Å²) in [5.74, 6) is 1.60. The first-order valence-electron chi connectivity index (χ1n) is 8.74. The number of benzene rings is 2. The maximum absolute atomic E-state index is 4.80. The van der Waals surface area contributed by atoms with Crippen molar-refractivity contribution < 1.29 is 0 Å². The lowest BCUT2D eigenvalue weighted by atomic mass is 10.0. The Kier molecular flexibility index (Phi) is 4.10. The van der Waals surface area contributed by atoms with Crippen molar-refractivity contribution in [2.75, 3.05) is 16.8 Å². The molecular weight excluding hydrogens is 308 g/mol. The van der Waals surface area contributed by atoms with Crippen molar-refractivity contribution in [3.05, 3.63) is 71.4 Å². The van der Waals surface area contributed by atoms with Crippen LogP contribution in [0.2, 0.25) is 0 Å². The van der Waals surface area contributed by atoms with Gasteiger partial charge in [0.15, 0.2) is 0 Å². The van der Waals surface area contributed by atoms with E-state index in [4.69, 9.17) is 9.97 Å². The van der Waals surface area contributed by atoms with Gasteiger partial charge in [-0.2, -0.15) is 4.98 Å². The van der Waals surface area contributed by atoms with Crippen molar-refractivity contribution in [2.45, 2.75) is 26.7 Å². The van der Waals surface area contributed by atoms with Gasteiger partial charge in [-0.15, -0.1) is 0 Å². The van der Waals surface area contributed by atoms with Crippen LogP contribution in [0.5, 0.6) is 0 Å². The molecular formula is C21H22N4. The van der Waals surface area contributed by atoms with Crippen LogP contribution in [-0.4, -0.2) is 16.5 Å². The zero-order valence-electron chi connectivity index (χ0n) is 14.7. The second-order valence-electron chi connectivity index (χ2n) is 6.52. The van der Waals surface area contributed by atoms with Gasteiger partial charge in [-0.1, -0.05) is 36.4 Å². The number of anilines is 4. The van der Waals surface area contributed by atoms with E-state index in [1.807, 2.05) is 25.1 Å². The molecule has 0 fully saturated rings. The van der Waals surface area contributed by atoms with Crippen molar-refractivity contribution in [2.24, 2.45) is 0 Å². The molecule has 0 amide bonds. The van der Waals surface area contributed by atoms with E-state index in [-0.39, 0.29) is 0 Å². The number of fused-ring (bicyclic) bond motifs is 1. The molecule has 0 saturated heterocycles. The van der Waals surface area contributed by atoms with Crippen LogP contribution in [-0.2, 0) is 6.42 Å². The number of hydrogen-bond acceptors (Lipinski definition) is 4. The standard InChI is InChI=1S/C21H22N4/c1-15-8-3-5-11-18(15)23-20-14-16(2)22-21(24-20)25-13-7-10-17-9-4-6-12-19(17)25/h3-6,8-9,11-12,14H,7,10,13H2,1-2H3,(H,22,23,24). The molecule has 0 aliphatic carbocycles. The van der Waals surface area contributed by atoms with E-state index in [2.05, 4.69) is 53.5 Å². The Hall–Kier alpha value is -2.88. The van der Waals surface area contributed by atoms with Gasteiger partial charge < -0.3 is 10.2 Å². The molecule has 4 heteroatoms. The Balaban J connectivity index is 1.70. The van der Waals surface area contributed by atoms with E-state index in [0.29, 0.717) is 0 Å². The van der Waals surface area contributed by atoms with Gasteiger partial charge in [0.05, 0.1) is 0 Å². The van der Waals surface area contributed by atoms with Gasteiger partial charge in [0.1, 0.15) is 5.82 Å². The molecule has 0 unspecified atom stereocenters. The third-order valence-electron chi connectivity index (χ3n) is 4.60. The van der Waals surface area contributed by atoms with Gasteiger partial charge in [0.2, 0.25) is 5.95 Å². The zero-order chi connectivity index (χ0) is 17.2. The Bertz CT molecular complexity index is 904. The molecule has 2 heterocycles. The largest absolute Gasteiger partial charge is 0.340 e. The van der Waals surface area contributed by atoms with Gasteiger partial charge in [0, 0.05) is 29.7 Å². The average Bonchev–Trinajstić information content (AvgIpc) is 2.63. The SMILES string of the molecule is Cc1cc(Nc2ccccc2C)nc(N2CCCc3ccccc32)n1. The number of rotatable bonds is 3. The van der Waals surface area contributed by atoms with Crippen LogP contribution in [0, 0.1) is 13.8 Å². The van der Waals surface area contributed by atoms with Gasteiger partial charge in [-0.3, -0.25) is 0 Å². The van der Waals surface area contributed by atoms with E-state index >= 15 is 0 Å². The number of nitrogens with one attached hydrogen (secondary N) is 1. The minimum Gasteiger partial charge on any atom is -0.340 e. The van der Waals surface area contributed by atoms with Crippen LogP contribution >= 0.6 is 0 Å². The highest BCUT2D eigenvalue weighted by Gasteiger charge is 2.20. The van der Waals surface area contributed by atoms with Crippen LogP contribution in [0.4, 0.5) is 23.1 Å². The summed E-state index contributed by atoms with van der Waals surface area (Å²) in [6.07, 6.45) is 2.24. The lowest BCUT2D eigenvalue weighted by Crippen LogP contribution is -2.26. The fourth-order valence-corrected chi connectivity index (χ4v) is 3.33. The number of hydrogen-bond donors (Lipinski definition) is 1. The Morgan fingerprint density at radius 3 is 2.64 bits per heavy atom. The molecule has 0 atom stereocenters. The van der Waals surface area contributed by atoms with Crippen LogP contribution in [0.3, 0.4) is 0 Å². The van der Waals surface area contributed by atoms with Crippen LogP contribution < -0.4 is 10.2 Å². The molecule has 1 aliphatic heterocycles. The predicted molar refractivity (Wildman–Crippen MR) is 103 cm³/mol. The van der Waals surface area contributed by atoms with Gasteiger partial charge in [-0.05, 0) is 49.9 Å². The molecule has 1 aliphatic rings. The second kappa shape index (κ2) is 6.55. The molecule has 4 rings (SSSR count). The highest BCUT2D eigenvalue weighted by molar-refractivity contribution is 5.66.